The highest BCUT2D eigenvalue weighted by Gasteiger charge is 2.20. The van der Waals surface area contributed by atoms with Crippen molar-refractivity contribution in [2.45, 2.75) is 34.6 Å². The smallest absolute Gasteiger partial charge is 0.225 e. The van der Waals surface area contributed by atoms with Gasteiger partial charge in [0.15, 0.2) is 0 Å². The van der Waals surface area contributed by atoms with Crippen molar-refractivity contribution in [2.75, 3.05) is 23.7 Å². The van der Waals surface area contributed by atoms with Crippen molar-refractivity contribution in [3.05, 3.63) is 41.6 Å². The van der Waals surface area contributed by atoms with E-state index in [0.717, 1.165) is 17.2 Å². The van der Waals surface area contributed by atoms with Gasteiger partial charge in [-0.05, 0) is 26.0 Å². The first kappa shape index (κ1) is 18.7. The summed E-state index contributed by atoms with van der Waals surface area (Å²) in [5.74, 6) is 1.30. The Hall–Kier alpha value is -2.63. The van der Waals surface area contributed by atoms with Crippen molar-refractivity contribution in [1.82, 2.24) is 15.3 Å². The van der Waals surface area contributed by atoms with Gasteiger partial charge >= 0.3 is 0 Å². The summed E-state index contributed by atoms with van der Waals surface area (Å²) in [5.41, 5.74) is 2.67. The van der Waals surface area contributed by atoms with Gasteiger partial charge in [0.2, 0.25) is 11.9 Å². The largest absolute Gasteiger partial charge is 0.354 e. The lowest BCUT2D eigenvalue weighted by Crippen LogP contribution is -2.37. The molecule has 134 valence electrons. The van der Waals surface area contributed by atoms with Crippen LogP contribution in [0.15, 0.2) is 30.3 Å². The first-order chi connectivity index (χ1) is 11.7. The minimum absolute atomic E-state index is 0.0289. The maximum absolute atomic E-state index is 11.8. The van der Waals surface area contributed by atoms with E-state index in [1.807, 2.05) is 58.0 Å². The van der Waals surface area contributed by atoms with Gasteiger partial charge in [-0.3, -0.25) is 4.79 Å². The maximum Gasteiger partial charge on any atom is 0.225 e. The number of amides is 1. The van der Waals surface area contributed by atoms with Crippen LogP contribution in [0.25, 0.3) is 0 Å². The van der Waals surface area contributed by atoms with Crippen molar-refractivity contribution >= 4 is 23.4 Å². The summed E-state index contributed by atoms with van der Waals surface area (Å²) < 4.78 is 0. The summed E-state index contributed by atoms with van der Waals surface area (Å²) in [7, 11) is 0. The molecule has 0 fully saturated rings. The third-order valence-electron chi connectivity index (χ3n) is 3.55. The van der Waals surface area contributed by atoms with Crippen LogP contribution in [0.3, 0.4) is 0 Å². The van der Waals surface area contributed by atoms with Crippen LogP contribution >= 0.6 is 0 Å². The van der Waals surface area contributed by atoms with Crippen molar-refractivity contribution in [3.63, 3.8) is 0 Å². The number of benzene rings is 1. The minimum Gasteiger partial charge on any atom is -0.354 e. The Morgan fingerprint density at radius 1 is 1.04 bits per heavy atom. The fourth-order valence-electron chi connectivity index (χ4n) is 2.11. The molecule has 0 aliphatic heterocycles. The van der Waals surface area contributed by atoms with Gasteiger partial charge in [-0.1, -0.05) is 38.5 Å². The highest BCUT2D eigenvalue weighted by Crippen LogP contribution is 2.17. The van der Waals surface area contributed by atoms with E-state index < -0.39 is 0 Å². The molecule has 0 aliphatic carbocycles. The molecule has 6 heteroatoms. The monoisotopic (exact) mass is 341 g/mol. The molecule has 6 nitrogen and oxygen atoms in total. The van der Waals surface area contributed by atoms with Crippen LogP contribution in [0.2, 0.25) is 0 Å². The SMILES string of the molecule is Cc1ccc(Nc2cc(C)nc(NCCNC(=O)C(C)(C)C)n2)cc1. The van der Waals surface area contributed by atoms with Gasteiger partial charge < -0.3 is 16.0 Å². The normalized spacial score (nSPS) is 11.1. The van der Waals surface area contributed by atoms with Crippen molar-refractivity contribution < 1.29 is 4.79 Å². The summed E-state index contributed by atoms with van der Waals surface area (Å²) in [5, 5.41) is 9.33. The van der Waals surface area contributed by atoms with Crippen molar-refractivity contribution in [2.24, 2.45) is 5.41 Å². The summed E-state index contributed by atoms with van der Waals surface area (Å²) in [4.78, 5) is 20.7. The van der Waals surface area contributed by atoms with E-state index in [1.54, 1.807) is 0 Å². The quantitative estimate of drug-likeness (QED) is 0.702. The number of anilines is 3. The van der Waals surface area contributed by atoms with E-state index >= 15 is 0 Å². The second-order valence-electron chi connectivity index (χ2n) is 7.14. The van der Waals surface area contributed by atoms with Crippen LogP contribution in [-0.4, -0.2) is 29.0 Å². The molecule has 1 aromatic carbocycles. The zero-order valence-corrected chi connectivity index (χ0v) is 15.6. The molecule has 0 spiro atoms. The first-order valence-corrected chi connectivity index (χ1v) is 8.45. The van der Waals surface area contributed by atoms with Gasteiger partial charge in [0.05, 0.1) is 0 Å². The Labute approximate surface area is 149 Å². The maximum atomic E-state index is 11.8. The second kappa shape index (κ2) is 7.96. The zero-order valence-electron chi connectivity index (χ0n) is 15.6. The van der Waals surface area contributed by atoms with Gasteiger partial charge in [-0.25, -0.2) is 4.98 Å². The van der Waals surface area contributed by atoms with Crippen LogP contribution in [0, 0.1) is 19.3 Å². The Morgan fingerprint density at radius 3 is 2.36 bits per heavy atom. The molecular formula is C19H27N5O. The predicted molar refractivity (Wildman–Crippen MR) is 102 cm³/mol. The number of aromatic nitrogens is 2. The number of nitrogens with one attached hydrogen (secondary N) is 3. The van der Waals surface area contributed by atoms with E-state index in [-0.39, 0.29) is 11.3 Å². The molecule has 0 bridgehead atoms. The number of hydrogen-bond donors (Lipinski definition) is 3. The highest BCUT2D eigenvalue weighted by molar-refractivity contribution is 5.81. The summed E-state index contributed by atoms with van der Waals surface area (Å²) >= 11 is 0. The van der Waals surface area contributed by atoms with Crippen LogP contribution in [0.1, 0.15) is 32.0 Å². The fourth-order valence-corrected chi connectivity index (χ4v) is 2.11. The second-order valence-corrected chi connectivity index (χ2v) is 7.14. The van der Waals surface area contributed by atoms with E-state index in [1.165, 1.54) is 5.56 Å². The Morgan fingerprint density at radius 2 is 1.72 bits per heavy atom. The number of aryl methyl sites for hydroxylation is 2. The van der Waals surface area contributed by atoms with Crippen molar-refractivity contribution in [3.8, 4) is 0 Å². The number of hydrogen-bond acceptors (Lipinski definition) is 5. The van der Waals surface area contributed by atoms with Crippen LogP contribution in [0.5, 0.6) is 0 Å². The Balaban J connectivity index is 1.92. The van der Waals surface area contributed by atoms with Crippen LogP contribution in [0.4, 0.5) is 17.5 Å². The number of carbonyl (C=O) groups is 1. The molecule has 3 N–H and O–H groups in total. The lowest BCUT2D eigenvalue weighted by molar-refractivity contribution is -0.128. The molecule has 1 heterocycles. The van der Waals surface area contributed by atoms with E-state index in [0.29, 0.717) is 19.0 Å². The number of carbonyl (C=O) groups excluding carboxylic acids is 1. The zero-order chi connectivity index (χ0) is 18.4. The standard InChI is InChI=1S/C19H27N5O/c1-13-6-8-15(9-7-13)23-16-12-14(2)22-18(24-16)21-11-10-20-17(25)19(3,4)5/h6-9,12H,10-11H2,1-5H3,(H,20,25)(H2,21,22,23,24). The number of nitrogens with zero attached hydrogens (tertiary/aromatic N) is 2. The van der Waals surface area contributed by atoms with Gasteiger partial charge in [0.25, 0.3) is 0 Å². The topological polar surface area (TPSA) is 78.9 Å². The minimum atomic E-state index is -0.384. The highest BCUT2D eigenvalue weighted by atomic mass is 16.2. The molecule has 25 heavy (non-hydrogen) atoms. The average Bonchev–Trinajstić information content (AvgIpc) is 2.52. The van der Waals surface area contributed by atoms with Gasteiger partial charge in [0, 0.05) is 36.0 Å². The van der Waals surface area contributed by atoms with Gasteiger partial charge in [0.1, 0.15) is 5.82 Å². The lowest BCUT2D eigenvalue weighted by Gasteiger charge is -2.17. The average molecular weight is 341 g/mol. The molecule has 1 aromatic heterocycles. The van der Waals surface area contributed by atoms with Gasteiger partial charge in [-0.15, -0.1) is 0 Å². The summed E-state index contributed by atoms with van der Waals surface area (Å²) in [6, 6.07) is 10.0. The Kier molecular flexibility index (Phi) is 5.96. The van der Waals surface area contributed by atoms with Crippen molar-refractivity contribution in [1.29, 1.82) is 0 Å². The van der Waals surface area contributed by atoms with E-state index in [9.17, 15) is 4.79 Å². The molecule has 2 rings (SSSR count). The molecule has 2 aromatic rings. The molecule has 0 saturated carbocycles. The summed E-state index contributed by atoms with van der Waals surface area (Å²) in [6.45, 7) is 10.7. The molecule has 0 atom stereocenters. The van der Waals surface area contributed by atoms with Crippen LogP contribution in [-0.2, 0) is 4.79 Å². The van der Waals surface area contributed by atoms with E-state index in [2.05, 4.69) is 32.8 Å². The molecule has 0 saturated heterocycles. The molecule has 0 aliphatic rings. The summed E-state index contributed by atoms with van der Waals surface area (Å²) in [6.07, 6.45) is 0. The first-order valence-electron chi connectivity index (χ1n) is 8.45. The van der Waals surface area contributed by atoms with E-state index in [4.69, 9.17) is 0 Å². The van der Waals surface area contributed by atoms with Crippen LogP contribution < -0.4 is 16.0 Å². The fraction of sp³-hybridized carbons (Fsp3) is 0.421. The Bertz CT molecular complexity index is 720. The molecular weight excluding hydrogens is 314 g/mol. The molecule has 0 radical (unpaired) electrons. The predicted octanol–water partition coefficient (Wildman–Crippen LogP) is 3.41. The van der Waals surface area contributed by atoms with Gasteiger partial charge in [-0.2, -0.15) is 4.98 Å². The third-order valence-corrected chi connectivity index (χ3v) is 3.55. The lowest BCUT2D eigenvalue weighted by atomic mass is 9.96. The molecule has 0 unspecified atom stereocenters. The third kappa shape index (κ3) is 6.06. The number of rotatable bonds is 6. The molecule has 1 amide bonds.